The standard InChI is InChI=1S/C9H4F5NO3S/c10-7-1-5(3-15)2-8(11)6(7)4-18-19(16,17)9(12,13)14/h1-2H,4H2. The van der Waals surface area contributed by atoms with Gasteiger partial charge in [-0.15, -0.1) is 0 Å². The first-order chi connectivity index (χ1) is 8.58. The predicted molar refractivity (Wildman–Crippen MR) is 50.8 cm³/mol. The molecule has 1 aromatic carbocycles. The molecule has 0 aromatic heterocycles. The molecule has 0 saturated heterocycles. The minimum atomic E-state index is -5.94. The molecule has 0 amide bonds. The van der Waals surface area contributed by atoms with E-state index in [-0.39, 0.29) is 0 Å². The van der Waals surface area contributed by atoms with Crippen LogP contribution < -0.4 is 0 Å². The van der Waals surface area contributed by atoms with E-state index in [0.29, 0.717) is 12.1 Å². The van der Waals surface area contributed by atoms with E-state index in [1.807, 2.05) is 0 Å². The van der Waals surface area contributed by atoms with Crippen LogP contribution in [0.4, 0.5) is 22.0 Å². The highest BCUT2D eigenvalue weighted by atomic mass is 32.2. The van der Waals surface area contributed by atoms with Gasteiger partial charge >= 0.3 is 15.6 Å². The Bertz CT molecular complexity index is 609. The summed E-state index contributed by atoms with van der Waals surface area (Å²) < 4.78 is 86.7. The van der Waals surface area contributed by atoms with Gasteiger partial charge in [-0.3, -0.25) is 4.18 Å². The summed E-state index contributed by atoms with van der Waals surface area (Å²) in [5.41, 5.74) is -7.11. The van der Waals surface area contributed by atoms with Crippen LogP contribution in [0.5, 0.6) is 0 Å². The van der Waals surface area contributed by atoms with E-state index in [1.54, 1.807) is 0 Å². The van der Waals surface area contributed by atoms with Crippen molar-refractivity contribution in [2.45, 2.75) is 12.1 Å². The Balaban J connectivity index is 3.01. The van der Waals surface area contributed by atoms with Crippen molar-refractivity contribution >= 4 is 10.1 Å². The summed E-state index contributed by atoms with van der Waals surface area (Å²) in [6.45, 7) is -1.47. The molecule has 1 rings (SSSR count). The quantitative estimate of drug-likeness (QED) is 0.487. The molecule has 4 nitrogen and oxygen atoms in total. The summed E-state index contributed by atoms with van der Waals surface area (Å²) in [5.74, 6) is -2.76. The average Bonchev–Trinajstić information content (AvgIpc) is 2.25. The van der Waals surface area contributed by atoms with Crippen molar-refractivity contribution in [1.29, 1.82) is 5.26 Å². The summed E-state index contributed by atoms with van der Waals surface area (Å²) in [4.78, 5) is 0. The van der Waals surface area contributed by atoms with Crippen LogP contribution in [0.2, 0.25) is 0 Å². The molecule has 0 radical (unpaired) electrons. The normalized spacial score (nSPS) is 12.2. The van der Waals surface area contributed by atoms with Crippen molar-refractivity contribution in [3.63, 3.8) is 0 Å². The fourth-order valence-corrected chi connectivity index (χ4v) is 1.42. The molecule has 0 heterocycles. The number of hydrogen-bond acceptors (Lipinski definition) is 4. The Morgan fingerprint density at radius 3 is 2.05 bits per heavy atom. The van der Waals surface area contributed by atoms with Gasteiger partial charge in [-0.25, -0.2) is 8.78 Å². The van der Waals surface area contributed by atoms with E-state index in [4.69, 9.17) is 5.26 Å². The van der Waals surface area contributed by atoms with E-state index in [9.17, 15) is 30.4 Å². The van der Waals surface area contributed by atoms with Gasteiger partial charge in [-0.2, -0.15) is 26.9 Å². The number of nitriles is 1. The molecule has 0 fully saturated rings. The zero-order chi connectivity index (χ0) is 14.8. The van der Waals surface area contributed by atoms with Crippen LogP contribution in [0.1, 0.15) is 11.1 Å². The van der Waals surface area contributed by atoms with Gasteiger partial charge in [0.2, 0.25) is 0 Å². The van der Waals surface area contributed by atoms with Crippen molar-refractivity contribution in [3.8, 4) is 6.07 Å². The van der Waals surface area contributed by atoms with Crippen LogP contribution in [-0.4, -0.2) is 13.9 Å². The van der Waals surface area contributed by atoms with Gasteiger partial charge in [0.1, 0.15) is 11.6 Å². The topological polar surface area (TPSA) is 67.2 Å². The van der Waals surface area contributed by atoms with Gasteiger partial charge < -0.3 is 0 Å². The maximum absolute atomic E-state index is 13.2. The molecule has 0 N–H and O–H groups in total. The molecule has 0 unspecified atom stereocenters. The second-order valence-corrected chi connectivity index (χ2v) is 4.80. The number of rotatable bonds is 3. The second kappa shape index (κ2) is 5.10. The lowest BCUT2D eigenvalue weighted by molar-refractivity contribution is -0.0549. The van der Waals surface area contributed by atoms with E-state index >= 15 is 0 Å². The van der Waals surface area contributed by atoms with E-state index < -0.39 is 45.0 Å². The van der Waals surface area contributed by atoms with Gasteiger partial charge in [-0.05, 0) is 12.1 Å². The molecule has 0 aliphatic rings. The minimum Gasteiger partial charge on any atom is -0.258 e. The highest BCUT2D eigenvalue weighted by Crippen LogP contribution is 2.26. The SMILES string of the molecule is N#Cc1cc(F)c(COS(=O)(=O)C(F)(F)F)c(F)c1. The molecule has 19 heavy (non-hydrogen) atoms. The van der Waals surface area contributed by atoms with Crippen LogP contribution in [0, 0.1) is 23.0 Å². The number of hydrogen-bond donors (Lipinski definition) is 0. The highest BCUT2D eigenvalue weighted by Gasteiger charge is 2.47. The highest BCUT2D eigenvalue weighted by molar-refractivity contribution is 7.87. The summed E-state index contributed by atoms with van der Waals surface area (Å²) in [6, 6.07) is 2.50. The molecule has 0 spiro atoms. The van der Waals surface area contributed by atoms with E-state index in [1.165, 1.54) is 6.07 Å². The van der Waals surface area contributed by atoms with E-state index in [0.717, 1.165) is 0 Å². The first-order valence-electron chi connectivity index (χ1n) is 4.42. The van der Waals surface area contributed by atoms with Crippen molar-refractivity contribution in [2.24, 2.45) is 0 Å². The molecular formula is C9H4F5NO3S. The summed E-state index contributed by atoms with van der Waals surface area (Å²) in [6.07, 6.45) is 0. The minimum absolute atomic E-state index is 0.405. The number of benzene rings is 1. The summed E-state index contributed by atoms with van der Waals surface area (Å²) in [5, 5.41) is 8.38. The Morgan fingerprint density at radius 1 is 1.21 bits per heavy atom. The Hall–Kier alpha value is -1.73. The van der Waals surface area contributed by atoms with Crippen molar-refractivity contribution < 1.29 is 34.6 Å². The summed E-state index contributed by atoms with van der Waals surface area (Å²) >= 11 is 0. The van der Waals surface area contributed by atoms with Crippen LogP contribution >= 0.6 is 0 Å². The van der Waals surface area contributed by atoms with Crippen LogP contribution in [-0.2, 0) is 20.9 Å². The largest absolute Gasteiger partial charge is 0.523 e. The van der Waals surface area contributed by atoms with E-state index in [2.05, 4.69) is 4.18 Å². The second-order valence-electron chi connectivity index (χ2n) is 3.19. The van der Waals surface area contributed by atoms with Crippen LogP contribution in [0.25, 0.3) is 0 Å². The average molecular weight is 301 g/mol. The number of nitrogens with zero attached hydrogens (tertiary/aromatic N) is 1. The number of alkyl halides is 3. The molecule has 10 heteroatoms. The molecule has 0 saturated carbocycles. The Labute approximate surface area is 104 Å². The van der Waals surface area contributed by atoms with Gasteiger partial charge in [0.05, 0.1) is 23.8 Å². The third-order valence-electron chi connectivity index (χ3n) is 1.91. The third-order valence-corrected chi connectivity index (χ3v) is 2.91. The molecule has 0 aliphatic carbocycles. The third kappa shape index (κ3) is 3.39. The van der Waals surface area contributed by atoms with Crippen molar-refractivity contribution in [3.05, 3.63) is 34.9 Å². The monoisotopic (exact) mass is 301 g/mol. The molecular weight excluding hydrogens is 297 g/mol. The zero-order valence-corrected chi connectivity index (χ0v) is 9.65. The lowest BCUT2D eigenvalue weighted by atomic mass is 10.1. The van der Waals surface area contributed by atoms with Crippen LogP contribution in [0.3, 0.4) is 0 Å². The molecule has 0 aliphatic heterocycles. The van der Waals surface area contributed by atoms with Gasteiger partial charge in [0.25, 0.3) is 0 Å². The van der Waals surface area contributed by atoms with Crippen molar-refractivity contribution in [2.75, 3.05) is 0 Å². The maximum Gasteiger partial charge on any atom is 0.523 e. The summed E-state index contributed by atoms with van der Waals surface area (Å²) in [7, 11) is -5.94. The molecule has 0 bridgehead atoms. The maximum atomic E-state index is 13.2. The smallest absolute Gasteiger partial charge is 0.258 e. The first-order valence-corrected chi connectivity index (χ1v) is 5.83. The lowest BCUT2D eigenvalue weighted by Gasteiger charge is -2.09. The number of halogens is 5. The first kappa shape index (κ1) is 15.3. The molecule has 1 aromatic rings. The van der Waals surface area contributed by atoms with Crippen molar-refractivity contribution in [1.82, 2.24) is 0 Å². The van der Waals surface area contributed by atoms with Gasteiger partial charge in [0.15, 0.2) is 0 Å². The van der Waals surface area contributed by atoms with Gasteiger partial charge in [0, 0.05) is 0 Å². The Morgan fingerprint density at radius 2 is 1.68 bits per heavy atom. The van der Waals surface area contributed by atoms with Gasteiger partial charge in [-0.1, -0.05) is 0 Å². The fraction of sp³-hybridized carbons (Fsp3) is 0.222. The zero-order valence-electron chi connectivity index (χ0n) is 8.83. The predicted octanol–water partition coefficient (Wildman–Crippen LogP) is 2.20. The molecule has 0 atom stereocenters. The molecule has 104 valence electrons. The lowest BCUT2D eigenvalue weighted by Crippen LogP contribution is -2.25. The van der Waals surface area contributed by atoms with Crippen LogP contribution in [0.15, 0.2) is 12.1 Å². The Kier molecular flexibility index (Phi) is 4.12. The fourth-order valence-electron chi connectivity index (χ4n) is 1.01.